The molecule has 0 atom stereocenters. The average Bonchev–Trinajstić information content (AvgIpc) is 2.47. The Hall–Kier alpha value is -2.44. The molecule has 1 aromatic rings. The van der Waals surface area contributed by atoms with Crippen LogP contribution in [0.3, 0.4) is 0 Å². The van der Waals surface area contributed by atoms with E-state index in [1.54, 1.807) is 31.1 Å². The van der Waals surface area contributed by atoms with Crippen LogP contribution in [0.2, 0.25) is 0 Å². The standard InChI is InChI=1S/C15H19FN4O2/c1-19(2)13-6-4-10(8-11(13)16)9-17-15(22)12-5-7-14(21)20(3)18-12/h4,6,8H,5,7,9H2,1-3H3,(H,17,22). The zero-order valence-electron chi connectivity index (χ0n) is 12.9. The number of anilines is 1. The second kappa shape index (κ2) is 6.55. The second-order valence-corrected chi connectivity index (χ2v) is 5.33. The van der Waals surface area contributed by atoms with Gasteiger partial charge in [0.1, 0.15) is 11.5 Å². The Morgan fingerprint density at radius 2 is 2.14 bits per heavy atom. The van der Waals surface area contributed by atoms with Gasteiger partial charge in [-0.25, -0.2) is 9.40 Å². The number of carbonyl (C=O) groups excluding carboxylic acids is 2. The molecular weight excluding hydrogens is 287 g/mol. The maximum atomic E-state index is 13.9. The predicted octanol–water partition coefficient (Wildman–Crippen LogP) is 1.12. The van der Waals surface area contributed by atoms with Crippen LogP contribution in [-0.4, -0.2) is 43.7 Å². The van der Waals surface area contributed by atoms with Gasteiger partial charge in [-0.1, -0.05) is 6.07 Å². The van der Waals surface area contributed by atoms with Crippen molar-refractivity contribution in [2.24, 2.45) is 5.10 Å². The first-order valence-electron chi connectivity index (χ1n) is 6.96. The summed E-state index contributed by atoms with van der Waals surface area (Å²) < 4.78 is 13.9. The van der Waals surface area contributed by atoms with E-state index in [4.69, 9.17) is 0 Å². The Morgan fingerprint density at radius 3 is 2.73 bits per heavy atom. The topological polar surface area (TPSA) is 65.0 Å². The molecule has 1 N–H and O–H groups in total. The van der Waals surface area contributed by atoms with Crippen molar-refractivity contribution in [2.75, 3.05) is 26.0 Å². The van der Waals surface area contributed by atoms with E-state index in [1.165, 1.54) is 18.1 Å². The number of rotatable bonds is 4. The number of hydrogen-bond acceptors (Lipinski definition) is 4. The monoisotopic (exact) mass is 306 g/mol. The quantitative estimate of drug-likeness (QED) is 0.906. The van der Waals surface area contributed by atoms with Gasteiger partial charge in [0, 0.05) is 40.5 Å². The first-order chi connectivity index (χ1) is 10.4. The number of amides is 2. The molecule has 0 bridgehead atoms. The normalized spacial score (nSPS) is 14.6. The molecule has 1 aromatic carbocycles. The molecule has 0 aromatic heterocycles. The van der Waals surface area contributed by atoms with Gasteiger partial charge in [0.2, 0.25) is 5.91 Å². The Balaban J connectivity index is 1.98. The van der Waals surface area contributed by atoms with Crippen LogP contribution in [0.25, 0.3) is 0 Å². The first kappa shape index (κ1) is 15.9. The summed E-state index contributed by atoms with van der Waals surface area (Å²) in [5, 5.41) is 7.80. The molecule has 0 aliphatic carbocycles. The number of benzene rings is 1. The van der Waals surface area contributed by atoms with E-state index >= 15 is 0 Å². The van der Waals surface area contributed by atoms with Crippen LogP contribution in [0.1, 0.15) is 18.4 Å². The third kappa shape index (κ3) is 3.60. The molecule has 2 amide bonds. The van der Waals surface area contributed by atoms with Gasteiger partial charge in [-0.2, -0.15) is 5.10 Å². The minimum absolute atomic E-state index is 0.113. The molecule has 7 heteroatoms. The second-order valence-electron chi connectivity index (χ2n) is 5.33. The van der Waals surface area contributed by atoms with Crippen LogP contribution in [0.4, 0.5) is 10.1 Å². The lowest BCUT2D eigenvalue weighted by atomic mass is 10.1. The molecule has 0 saturated heterocycles. The minimum Gasteiger partial charge on any atom is -0.375 e. The number of nitrogens with one attached hydrogen (secondary N) is 1. The lowest BCUT2D eigenvalue weighted by Crippen LogP contribution is -2.37. The van der Waals surface area contributed by atoms with Crippen molar-refractivity contribution < 1.29 is 14.0 Å². The van der Waals surface area contributed by atoms with Crippen LogP contribution < -0.4 is 10.2 Å². The van der Waals surface area contributed by atoms with Gasteiger partial charge in [0.25, 0.3) is 5.91 Å². The van der Waals surface area contributed by atoms with E-state index in [0.29, 0.717) is 23.4 Å². The van der Waals surface area contributed by atoms with Crippen LogP contribution in [-0.2, 0) is 16.1 Å². The highest BCUT2D eigenvalue weighted by Gasteiger charge is 2.21. The van der Waals surface area contributed by atoms with Crippen molar-refractivity contribution in [3.8, 4) is 0 Å². The highest BCUT2D eigenvalue weighted by atomic mass is 19.1. The Kier molecular flexibility index (Phi) is 4.75. The molecule has 2 rings (SSSR count). The summed E-state index contributed by atoms with van der Waals surface area (Å²) in [6.07, 6.45) is 0.595. The Morgan fingerprint density at radius 1 is 1.41 bits per heavy atom. The maximum Gasteiger partial charge on any atom is 0.267 e. The number of hydrazone groups is 1. The third-order valence-electron chi connectivity index (χ3n) is 3.42. The summed E-state index contributed by atoms with van der Waals surface area (Å²) >= 11 is 0. The lowest BCUT2D eigenvalue weighted by Gasteiger charge is -2.19. The summed E-state index contributed by atoms with van der Waals surface area (Å²) in [6, 6.07) is 4.83. The molecule has 0 fully saturated rings. The van der Waals surface area contributed by atoms with Gasteiger partial charge in [-0.15, -0.1) is 0 Å². The molecule has 118 valence electrons. The van der Waals surface area contributed by atoms with E-state index in [1.807, 2.05) is 0 Å². The summed E-state index contributed by atoms with van der Waals surface area (Å²) in [5.74, 6) is -0.786. The SMILES string of the molecule is CN1N=C(C(=O)NCc2ccc(N(C)C)c(F)c2)CCC1=O. The molecule has 1 heterocycles. The fraction of sp³-hybridized carbons (Fsp3) is 0.400. The van der Waals surface area contributed by atoms with Gasteiger partial charge in [0.15, 0.2) is 0 Å². The molecule has 0 radical (unpaired) electrons. The fourth-order valence-corrected chi connectivity index (χ4v) is 2.14. The van der Waals surface area contributed by atoms with Crippen molar-refractivity contribution in [2.45, 2.75) is 19.4 Å². The number of nitrogens with zero attached hydrogens (tertiary/aromatic N) is 3. The largest absolute Gasteiger partial charge is 0.375 e. The summed E-state index contributed by atoms with van der Waals surface area (Å²) in [5.41, 5.74) is 1.47. The molecule has 0 saturated carbocycles. The van der Waals surface area contributed by atoms with Crippen LogP contribution >= 0.6 is 0 Å². The lowest BCUT2D eigenvalue weighted by molar-refractivity contribution is -0.130. The zero-order valence-corrected chi connectivity index (χ0v) is 12.9. The number of halogens is 1. The minimum atomic E-state index is -0.337. The van der Waals surface area contributed by atoms with Crippen molar-refractivity contribution in [1.82, 2.24) is 10.3 Å². The van der Waals surface area contributed by atoms with Crippen LogP contribution in [0.15, 0.2) is 23.3 Å². The Labute approximate surface area is 128 Å². The molecule has 1 aliphatic rings. The van der Waals surface area contributed by atoms with Gasteiger partial charge < -0.3 is 10.2 Å². The summed E-state index contributed by atoms with van der Waals surface area (Å²) in [6.45, 7) is 0.208. The van der Waals surface area contributed by atoms with Crippen LogP contribution in [0, 0.1) is 5.82 Å². The molecule has 22 heavy (non-hydrogen) atoms. The maximum absolute atomic E-state index is 13.9. The van der Waals surface area contributed by atoms with Crippen LogP contribution in [0.5, 0.6) is 0 Å². The number of carbonyl (C=O) groups is 2. The Bertz CT molecular complexity index is 628. The summed E-state index contributed by atoms with van der Waals surface area (Å²) in [4.78, 5) is 25.0. The van der Waals surface area contributed by atoms with Crippen molar-refractivity contribution in [1.29, 1.82) is 0 Å². The highest BCUT2D eigenvalue weighted by molar-refractivity contribution is 6.39. The van der Waals surface area contributed by atoms with E-state index in [0.717, 1.165) is 0 Å². The van der Waals surface area contributed by atoms with E-state index in [9.17, 15) is 14.0 Å². The van der Waals surface area contributed by atoms with Crippen molar-refractivity contribution in [3.63, 3.8) is 0 Å². The average molecular weight is 306 g/mol. The first-order valence-corrected chi connectivity index (χ1v) is 6.96. The van der Waals surface area contributed by atoms with Gasteiger partial charge in [-0.05, 0) is 17.7 Å². The fourth-order valence-electron chi connectivity index (χ4n) is 2.14. The third-order valence-corrected chi connectivity index (χ3v) is 3.42. The van der Waals surface area contributed by atoms with E-state index in [2.05, 4.69) is 10.4 Å². The number of hydrogen-bond donors (Lipinski definition) is 1. The van der Waals surface area contributed by atoms with E-state index < -0.39 is 0 Å². The molecule has 1 aliphatic heterocycles. The zero-order chi connectivity index (χ0) is 16.3. The molecule has 0 unspecified atom stereocenters. The highest BCUT2D eigenvalue weighted by Crippen LogP contribution is 2.18. The van der Waals surface area contributed by atoms with Crippen molar-refractivity contribution >= 4 is 23.2 Å². The molecule has 0 spiro atoms. The van der Waals surface area contributed by atoms with Gasteiger partial charge >= 0.3 is 0 Å². The van der Waals surface area contributed by atoms with Crippen molar-refractivity contribution in [3.05, 3.63) is 29.6 Å². The smallest absolute Gasteiger partial charge is 0.267 e. The summed E-state index contributed by atoms with van der Waals surface area (Å²) in [7, 11) is 5.04. The predicted molar refractivity (Wildman–Crippen MR) is 82.0 cm³/mol. The molecular formula is C15H19FN4O2. The molecule has 6 nitrogen and oxygen atoms in total. The van der Waals surface area contributed by atoms with E-state index in [-0.39, 0.29) is 30.6 Å². The van der Waals surface area contributed by atoms with Gasteiger partial charge in [-0.3, -0.25) is 9.59 Å². The van der Waals surface area contributed by atoms with Gasteiger partial charge in [0.05, 0.1) is 5.69 Å².